The number of hydrogen-bond donors (Lipinski definition) is 1. The minimum absolute atomic E-state index is 0.0613. The second kappa shape index (κ2) is 5.90. The van der Waals surface area contributed by atoms with Gasteiger partial charge >= 0.3 is 0 Å². The Morgan fingerprint density at radius 1 is 1.00 bits per heavy atom. The van der Waals surface area contributed by atoms with Crippen molar-refractivity contribution in [2.24, 2.45) is 0 Å². The lowest BCUT2D eigenvalue weighted by atomic mass is 10.1. The summed E-state index contributed by atoms with van der Waals surface area (Å²) >= 11 is 1.57. The molecule has 5 heteroatoms. The van der Waals surface area contributed by atoms with E-state index in [2.05, 4.69) is 32.6 Å². The monoisotopic (exact) mass is 282 g/mol. The first kappa shape index (κ1) is 12.9. The fourth-order valence-electron chi connectivity index (χ4n) is 2.02. The SMILES string of the molecule is CNC(c1ccccc1)c1nnc(-c2ccccn2)s1. The molecule has 1 atom stereocenters. The molecular weight excluding hydrogens is 268 g/mol. The quantitative estimate of drug-likeness (QED) is 0.799. The lowest BCUT2D eigenvalue weighted by Gasteiger charge is -2.12. The van der Waals surface area contributed by atoms with Crippen molar-refractivity contribution < 1.29 is 0 Å². The number of rotatable bonds is 4. The molecule has 100 valence electrons. The van der Waals surface area contributed by atoms with Gasteiger partial charge in [-0.3, -0.25) is 4.98 Å². The molecule has 0 aliphatic heterocycles. The number of aromatic nitrogens is 3. The van der Waals surface area contributed by atoms with Crippen LogP contribution in [0.3, 0.4) is 0 Å². The van der Waals surface area contributed by atoms with Crippen LogP contribution in [0.5, 0.6) is 0 Å². The molecule has 3 aromatic rings. The fourth-order valence-corrected chi connectivity index (χ4v) is 2.98. The number of nitrogens with zero attached hydrogens (tertiary/aromatic N) is 3. The highest BCUT2D eigenvalue weighted by atomic mass is 32.1. The molecule has 4 nitrogen and oxygen atoms in total. The van der Waals surface area contributed by atoms with Gasteiger partial charge in [-0.25, -0.2) is 0 Å². The number of nitrogens with one attached hydrogen (secondary N) is 1. The van der Waals surface area contributed by atoms with Crippen LogP contribution in [0, 0.1) is 0 Å². The molecule has 0 aliphatic rings. The zero-order chi connectivity index (χ0) is 13.8. The highest BCUT2D eigenvalue weighted by Crippen LogP contribution is 2.28. The summed E-state index contributed by atoms with van der Waals surface area (Å²) in [5.41, 5.74) is 2.04. The van der Waals surface area contributed by atoms with Crippen LogP contribution in [0.4, 0.5) is 0 Å². The van der Waals surface area contributed by atoms with E-state index in [0.29, 0.717) is 0 Å². The first-order valence-electron chi connectivity index (χ1n) is 6.35. The summed E-state index contributed by atoms with van der Waals surface area (Å²) < 4.78 is 0. The maximum Gasteiger partial charge on any atom is 0.166 e. The van der Waals surface area contributed by atoms with Crippen molar-refractivity contribution in [3.63, 3.8) is 0 Å². The molecular formula is C15H14N4S. The Balaban J connectivity index is 1.93. The minimum Gasteiger partial charge on any atom is -0.307 e. The molecule has 0 saturated carbocycles. The van der Waals surface area contributed by atoms with Crippen molar-refractivity contribution in [2.75, 3.05) is 7.05 Å². The summed E-state index contributed by atoms with van der Waals surface area (Å²) in [4.78, 5) is 4.31. The number of pyridine rings is 1. The smallest absolute Gasteiger partial charge is 0.166 e. The Morgan fingerprint density at radius 3 is 2.50 bits per heavy atom. The Bertz CT molecular complexity index is 667. The molecule has 3 rings (SSSR count). The highest BCUT2D eigenvalue weighted by molar-refractivity contribution is 7.14. The third kappa shape index (κ3) is 2.59. The second-order valence-corrected chi connectivity index (χ2v) is 5.30. The second-order valence-electron chi connectivity index (χ2n) is 4.29. The van der Waals surface area contributed by atoms with Gasteiger partial charge in [0.2, 0.25) is 0 Å². The van der Waals surface area contributed by atoms with Gasteiger partial charge < -0.3 is 5.32 Å². The van der Waals surface area contributed by atoms with Crippen molar-refractivity contribution in [3.8, 4) is 10.7 Å². The highest BCUT2D eigenvalue weighted by Gasteiger charge is 2.17. The van der Waals surface area contributed by atoms with E-state index in [1.807, 2.05) is 43.4 Å². The van der Waals surface area contributed by atoms with E-state index >= 15 is 0 Å². The summed E-state index contributed by atoms with van der Waals surface area (Å²) in [5, 5.41) is 13.6. The van der Waals surface area contributed by atoms with Crippen molar-refractivity contribution in [2.45, 2.75) is 6.04 Å². The molecule has 0 saturated heterocycles. The van der Waals surface area contributed by atoms with E-state index in [4.69, 9.17) is 0 Å². The first-order chi connectivity index (χ1) is 9.88. The lowest BCUT2D eigenvalue weighted by molar-refractivity contribution is 0.678. The first-order valence-corrected chi connectivity index (χ1v) is 7.17. The normalized spacial score (nSPS) is 12.2. The van der Waals surface area contributed by atoms with E-state index in [1.165, 1.54) is 5.56 Å². The molecule has 1 N–H and O–H groups in total. The molecule has 2 heterocycles. The molecule has 1 aromatic carbocycles. The molecule has 2 aromatic heterocycles. The van der Waals surface area contributed by atoms with E-state index < -0.39 is 0 Å². The van der Waals surface area contributed by atoms with Crippen LogP contribution in [0.2, 0.25) is 0 Å². The lowest BCUT2D eigenvalue weighted by Crippen LogP contribution is -2.17. The molecule has 0 radical (unpaired) electrons. The van der Waals surface area contributed by atoms with Gasteiger partial charge in [0.25, 0.3) is 0 Å². The zero-order valence-corrected chi connectivity index (χ0v) is 11.8. The zero-order valence-electron chi connectivity index (χ0n) is 11.0. The van der Waals surface area contributed by atoms with Crippen LogP contribution >= 0.6 is 11.3 Å². The van der Waals surface area contributed by atoms with Crippen molar-refractivity contribution in [3.05, 3.63) is 65.3 Å². The summed E-state index contributed by atoms with van der Waals surface area (Å²) in [6.07, 6.45) is 1.77. The standard InChI is InChI=1S/C15H14N4S/c1-16-13(11-7-3-2-4-8-11)15-19-18-14(20-15)12-9-5-6-10-17-12/h2-10,13,16H,1H3. The molecule has 0 aliphatic carbocycles. The van der Waals surface area contributed by atoms with Crippen molar-refractivity contribution in [1.82, 2.24) is 20.5 Å². The van der Waals surface area contributed by atoms with E-state index in [0.717, 1.165) is 15.7 Å². The van der Waals surface area contributed by atoms with Gasteiger partial charge in [0, 0.05) is 6.20 Å². The Kier molecular flexibility index (Phi) is 3.80. The molecule has 0 amide bonds. The Hall–Kier alpha value is -2.11. The Labute approximate surface area is 121 Å². The van der Waals surface area contributed by atoms with Crippen LogP contribution in [-0.2, 0) is 0 Å². The minimum atomic E-state index is 0.0613. The fraction of sp³-hybridized carbons (Fsp3) is 0.133. The molecule has 1 unspecified atom stereocenters. The van der Waals surface area contributed by atoms with E-state index in [-0.39, 0.29) is 6.04 Å². The number of hydrogen-bond acceptors (Lipinski definition) is 5. The van der Waals surface area contributed by atoms with Crippen LogP contribution in [-0.4, -0.2) is 22.2 Å². The third-order valence-corrected chi connectivity index (χ3v) is 4.00. The van der Waals surface area contributed by atoms with Gasteiger partial charge in [-0.05, 0) is 24.7 Å². The summed E-state index contributed by atoms with van der Waals surface area (Å²) in [7, 11) is 1.93. The maximum atomic E-state index is 4.31. The van der Waals surface area contributed by atoms with Gasteiger partial charge in [-0.15, -0.1) is 10.2 Å². The summed E-state index contributed by atoms with van der Waals surface area (Å²) in [5.74, 6) is 0. The molecule has 20 heavy (non-hydrogen) atoms. The van der Waals surface area contributed by atoms with Gasteiger partial charge in [0.05, 0.1) is 6.04 Å². The van der Waals surface area contributed by atoms with Gasteiger partial charge in [-0.2, -0.15) is 0 Å². The van der Waals surface area contributed by atoms with Crippen LogP contribution < -0.4 is 5.32 Å². The number of benzene rings is 1. The van der Waals surface area contributed by atoms with E-state index in [9.17, 15) is 0 Å². The van der Waals surface area contributed by atoms with Crippen LogP contribution in [0.1, 0.15) is 16.6 Å². The summed E-state index contributed by atoms with van der Waals surface area (Å²) in [6, 6.07) is 16.1. The Morgan fingerprint density at radius 2 is 1.80 bits per heavy atom. The third-order valence-electron chi connectivity index (χ3n) is 2.99. The van der Waals surface area contributed by atoms with Crippen molar-refractivity contribution in [1.29, 1.82) is 0 Å². The average molecular weight is 282 g/mol. The van der Waals surface area contributed by atoms with Gasteiger partial charge in [0.1, 0.15) is 10.7 Å². The van der Waals surface area contributed by atoms with Crippen molar-refractivity contribution >= 4 is 11.3 Å². The molecule has 0 bridgehead atoms. The predicted molar refractivity (Wildman–Crippen MR) is 80.5 cm³/mol. The average Bonchev–Trinajstić information content (AvgIpc) is 3.00. The predicted octanol–water partition coefficient (Wildman–Crippen LogP) is 2.91. The molecule has 0 spiro atoms. The topological polar surface area (TPSA) is 50.7 Å². The van der Waals surface area contributed by atoms with Gasteiger partial charge in [0.15, 0.2) is 5.01 Å². The van der Waals surface area contributed by atoms with Crippen LogP contribution in [0.15, 0.2) is 54.7 Å². The summed E-state index contributed by atoms with van der Waals surface area (Å²) in [6.45, 7) is 0. The van der Waals surface area contributed by atoms with Gasteiger partial charge in [-0.1, -0.05) is 47.7 Å². The van der Waals surface area contributed by atoms with Crippen LogP contribution in [0.25, 0.3) is 10.7 Å². The van der Waals surface area contributed by atoms with E-state index in [1.54, 1.807) is 17.5 Å². The maximum absolute atomic E-state index is 4.31. The molecule has 0 fully saturated rings. The largest absolute Gasteiger partial charge is 0.307 e.